The summed E-state index contributed by atoms with van der Waals surface area (Å²) in [5, 5.41) is 14.6. The first kappa shape index (κ1) is 15.0. The Balaban J connectivity index is 1.79. The molecule has 0 aliphatic rings. The van der Waals surface area contributed by atoms with Gasteiger partial charge >= 0.3 is 6.01 Å². The third kappa shape index (κ3) is 3.13. The van der Waals surface area contributed by atoms with Crippen LogP contribution in [0.2, 0.25) is 0 Å². The fraction of sp³-hybridized carbons (Fsp3) is 0.250. The number of aryl methyl sites for hydroxylation is 1. The number of benzene rings is 1. The number of amides is 1. The number of hydrogen-bond donors (Lipinski definition) is 1. The van der Waals surface area contributed by atoms with E-state index in [1.54, 1.807) is 16.9 Å². The van der Waals surface area contributed by atoms with Gasteiger partial charge in [0.25, 0.3) is 5.91 Å². The van der Waals surface area contributed by atoms with Crippen molar-refractivity contribution in [2.75, 3.05) is 5.32 Å². The molecule has 0 unspecified atom stereocenters. The summed E-state index contributed by atoms with van der Waals surface area (Å²) >= 11 is 0. The van der Waals surface area contributed by atoms with Crippen LogP contribution in [0.4, 0.5) is 6.01 Å². The van der Waals surface area contributed by atoms with Crippen LogP contribution < -0.4 is 5.32 Å². The molecule has 23 heavy (non-hydrogen) atoms. The molecular weight excluding hydrogens is 294 g/mol. The third-order valence-electron chi connectivity index (χ3n) is 3.30. The second-order valence-corrected chi connectivity index (χ2v) is 5.49. The Morgan fingerprint density at radius 2 is 2.09 bits per heavy atom. The van der Waals surface area contributed by atoms with Gasteiger partial charge in [0.05, 0.1) is 0 Å². The van der Waals surface area contributed by atoms with Gasteiger partial charge in [-0.1, -0.05) is 22.8 Å². The van der Waals surface area contributed by atoms with Crippen LogP contribution in [-0.4, -0.2) is 25.9 Å². The number of carbonyl (C=O) groups excluding carboxylic acids is 1. The van der Waals surface area contributed by atoms with Gasteiger partial charge in [-0.2, -0.15) is 5.10 Å². The van der Waals surface area contributed by atoms with Crippen molar-refractivity contribution >= 4 is 11.9 Å². The number of nitrogens with zero attached hydrogens (tertiary/aromatic N) is 4. The van der Waals surface area contributed by atoms with Crippen LogP contribution in [0.1, 0.15) is 35.9 Å². The van der Waals surface area contributed by atoms with Gasteiger partial charge in [-0.15, -0.1) is 5.10 Å². The van der Waals surface area contributed by atoms with Gasteiger partial charge in [-0.3, -0.25) is 14.8 Å². The lowest BCUT2D eigenvalue weighted by molar-refractivity contribution is 0.101. The third-order valence-corrected chi connectivity index (χ3v) is 3.30. The highest BCUT2D eigenvalue weighted by atomic mass is 16.4. The van der Waals surface area contributed by atoms with Gasteiger partial charge in [0.15, 0.2) is 0 Å². The maximum absolute atomic E-state index is 12.3. The molecule has 3 aromatic rings. The van der Waals surface area contributed by atoms with Crippen molar-refractivity contribution in [3.05, 3.63) is 47.8 Å². The lowest BCUT2D eigenvalue weighted by Gasteiger charge is -2.09. The molecule has 0 bridgehead atoms. The Kier molecular flexibility index (Phi) is 3.92. The molecule has 2 heterocycles. The van der Waals surface area contributed by atoms with Crippen LogP contribution in [0.15, 0.2) is 40.9 Å². The fourth-order valence-corrected chi connectivity index (χ4v) is 2.24. The topological polar surface area (TPSA) is 85.8 Å². The zero-order valence-corrected chi connectivity index (χ0v) is 13.1. The van der Waals surface area contributed by atoms with Crippen LogP contribution in [0.25, 0.3) is 11.5 Å². The van der Waals surface area contributed by atoms with Crippen LogP contribution in [-0.2, 0) is 0 Å². The molecule has 0 atom stereocenters. The van der Waals surface area contributed by atoms with Crippen molar-refractivity contribution in [1.29, 1.82) is 0 Å². The SMILES string of the molecule is Cc1cccc(-c2nnc(NC(=O)c3ccnn3C(C)C)o2)c1. The summed E-state index contributed by atoms with van der Waals surface area (Å²) in [5.74, 6) is 0.0250. The highest BCUT2D eigenvalue weighted by Gasteiger charge is 2.17. The maximum atomic E-state index is 12.3. The standard InChI is InChI=1S/C16H17N5O2/c1-10(2)21-13(7-8-17-21)14(22)18-16-20-19-15(23-16)12-6-4-5-11(3)9-12/h4-10H,1-3H3,(H,18,20,22). The van der Waals surface area contributed by atoms with Gasteiger partial charge in [0, 0.05) is 17.8 Å². The van der Waals surface area contributed by atoms with E-state index in [1.807, 2.05) is 45.0 Å². The predicted molar refractivity (Wildman–Crippen MR) is 85.0 cm³/mol. The molecule has 0 fully saturated rings. The van der Waals surface area contributed by atoms with E-state index in [1.165, 1.54) is 0 Å². The van der Waals surface area contributed by atoms with E-state index < -0.39 is 0 Å². The molecule has 0 saturated heterocycles. The van der Waals surface area contributed by atoms with Crippen molar-refractivity contribution < 1.29 is 9.21 Å². The monoisotopic (exact) mass is 311 g/mol. The molecule has 3 rings (SSSR count). The summed E-state index contributed by atoms with van der Waals surface area (Å²) in [6, 6.07) is 9.49. The van der Waals surface area contributed by atoms with Crippen molar-refractivity contribution in [2.45, 2.75) is 26.8 Å². The predicted octanol–water partition coefficient (Wildman–Crippen LogP) is 3.07. The average molecular weight is 311 g/mol. The summed E-state index contributed by atoms with van der Waals surface area (Å²) in [5.41, 5.74) is 2.34. The van der Waals surface area contributed by atoms with Gasteiger partial charge in [-0.05, 0) is 39.0 Å². The van der Waals surface area contributed by atoms with Gasteiger partial charge in [-0.25, -0.2) is 0 Å². The van der Waals surface area contributed by atoms with E-state index in [4.69, 9.17) is 4.42 Å². The smallest absolute Gasteiger partial charge is 0.322 e. The molecule has 0 saturated carbocycles. The lowest BCUT2D eigenvalue weighted by atomic mass is 10.1. The summed E-state index contributed by atoms with van der Waals surface area (Å²) in [6.07, 6.45) is 1.58. The molecule has 1 aromatic carbocycles. The zero-order valence-electron chi connectivity index (χ0n) is 13.1. The Hall–Kier alpha value is -2.96. The van der Waals surface area contributed by atoms with E-state index in [0.717, 1.165) is 11.1 Å². The minimum Gasteiger partial charge on any atom is -0.403 e. The van der Waals surface area contributed by atoms with E-state index in [9.17, 15) is 4.79 Å². The summed E-state index contributed by atoms with van der Waals surface area (Å²) in [4.78, 5) is 12.3. The molecule has 7 nitrogen and oxygen atoms in total. The Morgan fingerprint density at radius 3 is 2.83 bits per heavy atom. The molecule has 118 valence electrons. The second kappa shape index (κ2) is 6.04. The van der Waals surface area contributed by atoms with Gasteiger partial charge in [0.2, 0.25) is 5.89 Å². The minimum absolute atomic E-state index is 0.0583. The molecule has 0 spiro atoms. The van der Waals surface area contributed by atoms with Crippen LogP contribution in [0.3, 0.4) is 0 Å². The quantitative estimate of drug-likeness (QED) is 0.800. The normalized spacial score (nSPS) is 11.0. The first-order valence-electron chi connectivity index (χ1n) is 7.30. The van der Waals surface area contributed by atoms with Crippen molar-refractivity contribution in [1.82, 2.24) is 20.0 Å². The van der Waals surface area contributed by atoms with Gasteiger partial charge < -0.3 is 4.42 Å². The Bertz CT molecular complexity index is 834. The number of carbonyl (C=O) groups is 1. The molecule has 2 aromatic heterocycles. The van der Waals surface area contributed by atoms with E-state index >= 15 is 0 Å². The second-order valence-electron chi connectivity index (χ2n) is 5.49. The Labute approximate surface area is 133 Å². The molecule has 0 aliphatic carbocycles. The number of anilines is 1. The van der Waals surface area contributed by atoms with Crippen molar-refractivity contribution in [2.24, 2.45) is 0 Å². The van der Waals surface area contributed by atoms with E-state index in [2.05, 4.69) is 20.6 Å². The lowest BCUT2D eigenvalue weighted by Crippen LogP contribution is -2.19. The molecule has 1 amide bonds. The maximum Gasteiger partial charge on any atom is 0.322 e. The van der Waals surface area contributed by atoms with Crippen molar-refractivity contribution in [3.8, 4) is 11.5 Å². The van der Waals surface area contributed by atoms with Crippen LogP contribution >= 0.6 is 0 Å². The number of nitrogens with one attached hydrogen (secondary N) is 1. The highest BCUT2D eigenvalue weighted by Crippen LogP contribution is 2.21. The summed E-state index contributed by atoms with van der Waals surface area (Å²) < 4.78 is 7.14. The number of hydrogen-bond acceptors (Lipinski definition) is 5. The van der Waals surface area contributed by atoms with Crippen LogP contribution in [0.5, 0.6) is 0 Å². The van der Waals surface area contributed by atoms with E-state index in [-0.39, 0.29) is 18.0 Å². The molecule has 0 radical (unpaired) electrons. The van der Waals surface area contributed by atoms with Crippen molar-refractivity contribution in [3.63, 3.8) is 0 Å². The first-order chi connectivity index (χ1) is 11.0. The Morgan fingerprint density at radius 1 is 1.26 bits per heavy atom. The zero-order chi connectivity index (χ0) is 16.4. The molecule has 7 heteroatoms. The van der Waals surface area contributed by atoms with Gasteiger partial charge in [0.1, 0.15) is 5.69 Å². The fourth-order valence-electron chi connectivity index (χ4n) is 2.24. The minimum atomic E-state index is -0.337. The van der Waals surface area contributed by atoms with Crippen LogP contribution in [0, 0.1) is 6.92 Å². The molecule has 1 N–H and O–H groups in total. The number of rotatable bonds is 4. The summed E-state index contributed by atoms with van der Waals surface area (Å²) in [6.45, 7) is 5.88. The molecule has 0 aliphatic heterocycles. The number of aromatic nitrogens is 4. The first-order valence-corrected chi connectivity index (χ1v) is 7.30. The molecular formula is C16H17N5O2. The summed E-state index contributed by atoms with van der Waals surface area (Å²) in [7, 11) is 0. The average Bonchev–Trinajstić information content (AvgIpc) is 3.16. The largest absolute Gasteiger partial charge is 0.403 e. The van der Waals surface area contributed by atoms with E-state index in [0.29, 0.717) is 11.6 Å². The highest BCUT2D eigenvalue weighted by molar-refractivity contribution is 6.01.